The van der Waals surface area contributed by atoms with E-state index in [0.717, 1.165) is 32.4 Å². The van der Waals surface area contributed by atoms with Crippen LogP contribution in [0.25, 0.3) is 0 Å². The van der Waals surface area contributed by atoms with E-state index in [1.807, 2.05) is 4.90 Å². The number of likely N-dealkylation sites (tertiary alicyclic amines) is 1. The fourth-order valence-electron chi connectivity index (χ4n) is 2.44. The summed E-state index contributed by atoms with van der Waals surface area (Å²) in [7, 11) is 0. The molecule has 2 rings (SSSR count). The van der Waals surface area contributed by atoms with Crippen molar-refractivity contribution in [3.8, 4) is 6.07 Å². The van der Waals surface area contributed by atoms with Gasteiger partial charge in [-0.15, -0.1) is 11.3 Å². The normalized spacial score (nSPS) is 14.8. The van der Waals surface area contributed by atoms with E-state index in [4.69, 9.17) is 0 Å². The van der Waals surface area contributed by atoms with Crippen LogP contribution in [0.4, 0.5) is 5.00 Å². The Balaban J connectivity index is 2.29. The van der Waals surface area contributed by atoms with Crippen LogP contribution in [-0.4, -0.2) is 29.8 Å². The quantitative estimate of drug-likeness (QED) is 0.930. The fraction of sp³-hybridized carbons (Fsp3) is 0.562. The molecule has 0 saturated carbocycles. The third kappa shape index (κ3) is 3.30. The third-order valence-electron chi connectivity index (χ3n) is 3.86. The van der Waals surface area contributed by atoms with E-state index in [-0.39, 0.29) is 17.7 Å². The Labute approximate surface area is 134 Å². The van der Waals surface area contributed by atoms with Gasteiger partial charge in [0.1, 0.15) is 11.1 Å². The van der Waals surface area contributed by atoms with E-state index >= 15 is 0 Å². The van der Waals surface area contributed by atoms with Crippen LogP contribution in [0.15, 0.2) is 0 Å². The number of anilines is 1. The van der Waals surface area contributed by atoms with Gasteiger partial charge in [0.25, 0.3) is 5.91 Å². The van der Waals surface area contributed by atoms with E-state index in [0.29, 0.717) is 21.0 Å². The Morgan fingerprint density at radius 3 is 2.45 bits per heavy atom. The summed E-state index contributed by atoms with van der Waals surface area (Å²) >= 11 is 1.21. The van der Waals surface area contributed by atoms with E-state index in [9.17, 15) is 14.9 Å². The third-order valence-corrected chi connectivity index (χ3v) is 5.05. The lowest BCUT2D eigenvalue weighted by atomic mass is 10.1. The van der Waals surface area contributed by atoms with E-state index in [2.05, 4.69) is 11.4 Å². The molecule has 1 aliphatic heterocycles. The maximum Gasteiger partial charge on any atom is 0.264 e. The monoisotopic (exact) mass is 319 g/mol. The molecule has 0 radical (unpaired) electrons. The zero-order chi connectivity index (χ0) is 16.3. The average Bonchev–Trinajstić information content (AvgIpc) is 2.83. The molecule has 118 valence electrons. The van der Waals surface area contributed by atoms with Crippen molar-refractivity contribution in [2.24, 2.45) is 5.92 Å². The van der Waals surface area contributed by atoms with Crippen molar-refractivity contribution >= 4 is 28.2 Å². The van der Waals surface area contributed by atoms with Gasteiger partial charge in [-0.25, -0.2) is 0 Å². The van der Waals surface area contributed by atoms with Gasteiger partial charge in [0.05, 0.1) is 10.4 Å². The first-order valence-corrected chi connectivity index (χ1v) is 8.41. The zero-order valence-corrected chi connectivity index (χ0v) is 14.0. The minimum atomic E-state index is -0.171. The highest BCUT2D eigenvalue weighted by Gasteiger charge is 2.26. The topological polar surface area (TPSA) is 73.2 Å². The lowest BCUT2D eigenvalue weighted by Gasteiger charge is -2.26. The lowest BCUT2D eigenvalue weighted by Crippen LogP contribution is -2.35. The van der Waals surface area contributed by atoms with Crippen LogP contribution >= 0.6 is 11.3 Å². The average molecular weight is 319 g/mol. The van der Waals surface area contributed by atoms with E-state index < -0.39 is 0 Å². The molecular weight excluding hydrogens is 298 g/mol. The standard InChI is InChI=1S/C16H21N3O2S/c1-10(2)14(20)18-15-12(9-17)11(3)13(22-15)16(21)19-7-5-4-6-8-19/h10H,4-8H2,1-3H3,(H,18,20). The summed E-state index contributed by atoms with van der Waals surface area (Å²) in [5, 5.41) is 12.6. The van der Waals surface area contributed by atoms with Gasteiger partial charge in [-0.05, 0) is 31.7 Å². The number of nitrogens with one attached hydrogen (secondary N) is 1. The molecule has 0 aromatic carbocycles. The number of carbonyl (C=O) groups excluding carboxylic acids is 2. The number of rotatable bonds is 3. The largest absolute Gasteiger partial charge is 0.338 e. The molecule has 1 aromatic heterocycles. The van der Waals surface area contributed by atoms with Crippen LogP contribution < -0.4 is 5.32 Å². The Bertz CT molecular complexity index is 622. The molecule has 5 nitrogen and oxygen atoms in total. The first-order valence-electron chi connectivity index (χ1n) is 7.59. The zero-order valence-electron chi connectivity index (χ0n) is 13.2. The molecule has 0 aliphatic carbocycles. The highest BCUT2D eigenvalue weighted by Crippen LogP contribution is 2.34. The second-order valence-corrected chi connectivity index (χ2v) is 6.89. The van der Waals surface area contributed by atoms with Crippen molar-refractivity contribution in [2.75, 3.05) is 18.4 Å². The number of amides is 2. The summed E-state index contributed by atoms with van der Waals surface area (Å²) in [6, 6.07) is 2.11. The predicted octanol–water partition coefficient (Wildman–Crippen LogP) is 3.15. The van der Waals surface area contributed by atoms with Gasteiger partial charge >= 0.3 is 0 Å². The number of hydrogen-bond acceptors (Lipinski definition) is 4. The van der Waals surface area contributed by atoms with Crippen molar-refractivity contribution < 1.29 is 9.59 Å². The predicted molar refractivity (Wildman–Crippen MR) is 87.0 cm³/mol. The molecule has 0 atom stereocenters. The highest BCUT2D eigenvalue weighted by molar-refractivity contribution is 7.18. The van der Waals surface area contributed by atoms with Crippen molar-refractivity contribution in [2.45, 2.75) is 40.0 Å². The first-order chi connectivity index (χ1) is 10.5. The Hall–Kier alpha value is -1.87. The summed E-state index contributed by atoms with van der Waals surface area (Å²) in [5.74, 6) is -0.339. The van der Waals surface area contributed by atoms with Crippen LogP contribution in [0, 0.1) is 24.2 Å². The molecule has 2 amide bonds. The van der Waals surface area contributed by atoms with Gasteiger partial charge < -0.3 is 10.2 Å². The van der Waals surface area contributed by atoms with Crippen LogP contribution in [0.3, 0.4) is 0 Å². The molecule has 1 saturated heterocycles. The number of thiophene rings is 1. The fourth-order valence-corrected chi connectivity index (χ4v) is 3.57. The number of hydrogen-bond donors (Lipinski definition) is 1. The SMILES string of the molecule is Cc1c(C(=O)N2CCCCC2)sc(NC(=O)C(C)C)c1C#N. The molecule has 0 unspecified atom stereocenters. The minimum absolute atomic E-state index is 0.0243. The summed E-state index contributed by atoms with van der Waals surface area (Å²) in [4.78, 5) is 26.9. The summed E-state index contributed by atoms with van der Waals surface area (Å²) in [5.41, 5.74) is 1.07. The Morgan fingerprint density at radius 2 is 1.91 bits per heavy atom. The van der Waals surface area contributed by atoms with Gasteiger partial charge in [0.2, 0.25) is 5.91 Å². The molecule has 2 heterocycles. The molecule has 1 aliphatic rings. The second kappa shape index (κ2) is 6.93. The number of nitrogens with zero attached hydrogens (tertiary/aromatic N) is 2. The minimum Gasteiger partial charge on any atom is -0.338 e. The first kappa shape index (κ1) is 16.5. The number of nitriles is 1. The van der Waals surface area contributed by atoms with Crippen molar-refractivity contribution in [3.05, 3.63) is 16.0 Å². The molecule has 1 aromatic rings. The summed E-state index contributed by atoms with van der Waals surface area (Å²) < 4.78 is 0. The second-order valence-electron chi connectivity index (χ2n) is 5.87. The highest BCUT2D eigenvalue weighted by atomic mass is 32.1. The van der Waals surface area contributed by atoms with E-state index in [1.165, 1.54) is 11.3 Å². The van der Waals surface area contributed by atoms with Crippen LogP contribution in [0.1, 0.15) is 53.9 Å². The maximum atomic E-state index is 12.6. The number of piperidine rings is 1. The van der Waals surface area contributed by atoms with Gasteiger partial charge in [-0.1, -0.05) is 13.8 Å². The molecule has 1 fully saturated rings. The molecule has 6 heteroatoms. The summed E-state index contributed by atoms with van der Waals surface area (Å²) in [6.45, 7) is 6.90. The maximum absolute atomic E-state index is 12.6. The van der Waals surface area contributed by atoms with Crippen LogP contribution in [0.2, 0.25) is 0 Å². The van der Waals surface area contributed by atoms with Crippen LogP contribution in [-0.2, 0) is 4.79 Å². The molecule has 1 N–H and O–H groups in total. The number of carbonyl (C=O) groups is 2. The molecule has 0 bridgehead atoms. The van der Waals surface area contributed by atoms with Crippen LogP contribution in [0.5, 0.6) is 0 Å². The molecule has 0 spiro atoms. The summed E-state index contributed by atoms with van der Waals surface area (Å²) in [6.07, 6.45) is 3.21. The van der Waals surface area contributed by atoms with Crippen molar-refractivity contribution in [1.29, 1.82) is 5.26 Å². The van der Waals surface area contributed by atoms with Crippen molar-refractivity contribution in [1.82, 2.24) is 4.90 Å². The van der Waals surface area contributed by atoms with Gasteiger partial charge in [0.15, 0.2) is 0 Å². The Morgan fingerprint density at radius 1 is 1.27 bits per heavy atom. The lowest BCUT2D eigenvalue weighted by molar-refractivity contribution is -0.118. The van der Waals surface area contributed by atoms with Gasteiger partial charge in [0, 0.05) is 19.0 Å². The van der Waals surface area contributed by atoms with E-state index in [1.54, 1.807) is 20.8 Å². The van der Waals surface area contributed by atoms with Crippen molar-refractivity contribution in [3.63, 3.8) is 0 Å². The molecular formula is C16H21N3O2S. The van der Waals surface area contributed by atoms with Gasteiger partial charge in [-0.2, -0.15) is 5.26 Å². The van der Waals surface area contributed by atoms with Gasteiger partial charge in [-0.3, -0.25) is 9.59 Å². The Kier molecular flexibility index (Phi) is 5.19. The molecule has 22 heavy (non-hydrogen) atoms. The smallest absolute Gasteiger partial charge is 0.264 e.